The van der Waals surface area contributed by atoms with Gasteiger partial charge in [-0.05, 0) is 29.7 Å². The van der Waals surface area contributed by atoms with E-state index in [2.05, 4.69) is 0 Å². The van der Waals surface area contributed by atoms with Crippen LogP contribution in [0.2, 0.25) is 0 Å². The predicted octanol–water partition coefficient (Wildman–Crippen LogP) is 2.80. The molecule has 0 saturated carbocycles. The van der Waals surface area contributed by atoms with Crippen LogP contribution in [-0.4, -0.2) is 19.7 Å². The highest BCUT2D eigenvalue weighted by atomic mass is 16.5. The molecule has 0 saturated heterocycles. The summed E-state index contributed by atoms with van der Waals surface area (Å²) >= 11 is 0. The fraction of sp³-hybridized carbons (Fsp3) is 0.333. The molecule has 0 amide bonds. The number of nitrogens with zero attached hydrogens (tertiary/aromatic N) is 1. The van der Waals surface area contributed by atoms with E-state index < -0.39 is 5.97 Å². The first-order valence-electron chi connectivity index (χ1n) is 5.99. The van der Waals surface area contributed by atoms with E-state index in [9.17, 15) is 4.79 Å². The largest absolute Gasteiger partial charge is 0.497 e. The van der Waals surface area contributed by atoms with E-state index in [0.717, 1.165) is 11.3 Å². The SMILES string of the molecule is COc1ccc(/C=C(\C#N)C(=O)OCC(C)C)cc1. The molecule has 0 fully saturated rings. The van der Waals surface area contributed by atoms with Gasteiger partial charge in [-0.3, -0.25) is 0 Å². The van der Waals surface area contributed by atoms with Gasteiger partial charge in [0, 0.05) is 0 Å². The lowest BCUT2D eigenvalue weighted by Crippen LogP contribution is -2.11. The topological polar surface area (TPSA) is 59.3 Å². The third-order valence-corrected chi connectivity index (χ3v) is 2.31. The van der Waals surface area contributed by atoms with E-state index >= 15 is 0 Å². The van der Waals surface area contributed by atoms with Gasteiger partial charge in [0.25, 0.3) is 0 Å². The van der Waals surface area contributed by atoms with Crippen molar-refractivity contribution >= 4 is 12.0 Å². The van der Waals surface area contributed by atoms with Crippen molar-refractivity contribution in [3.05, 3.63) is 35.4 Å². The van der Waals surface area contributed by atoms with Crippen LogP contribution >= 0.6 is 0 Å². The highest BCUT2D eigenvalue weighted by Crippen LogP contribution is 2.14. The Morgan fingerprint density at radius 3 is 2.47 bits per heavy atom. The Balaban J connectivity index is 2.80. The van der Waals surface area contributed by atoms with Crippen LogP contribution in [0.25, 0.3) is 6.08 Å². The molecule has 4 nitrogen and oxygen atoms in total. The summed E-state index contributed by atoms with van der Waals surface area (Å²) in [5.74, 6) is 0.370. The zero-order chi connectivity index (χ0) is 14.3. The summed E-state index contributed by atoms with van der Waals surface area (Å²) in [5, 5.41) is 8.98. The number of carbonyl (C=O) groups is 1. The molecule has 0 N–H and O–H groups in total. The van der Waals surface area contributed by atoms with Crippen molar-refractivity contribution in [2.24, 2.45) is 5.92 Å². The van der Waals surface area contributed by atoms with Gasteiger partial charge < -0.3 is 9.47 Å². The van der Waals surface area contributed by atoms with E-state index in [-0.39, 0.29) is 11.5 Å². The third kappa shape index (κ3) is 4.84. The molecule has 1 aromatic rings. The lowest BCUT2D eigenvalue weighted by atomic mass is 10.1. The van der Waals surface area contributed by atoms with Crippen molar-refractivity contribution in [1.29, 1.82) is 5.26 Å². The van der Waals surface area contributed by atoms with Gasteiger partial charge in [-0.2, -0.15) is 5.26 Å². The van der Waals surface area contributed by atoms with Crippen LogP contribution in [0.4, 0.5) is 0 Å². The van der Waals surface area contributed by atoms with Gasteiger partial charge in [0.05, 0.1) is 13.7 Å². The van der Waals surface area contributed by atoms with E-state index in [1.165, 1.54) is 6.08 Å². The minimum Gasteiger partial charge on any atom is -0.497 e. The molecule has 1 rings (SSSR count). The molecule has 0 aromatic heterocycles. The normalized spacial score (nSPS) is 11.0. The van der Waals surface area contributed by atoms with E-state index in [1.54, 1.807) is 31.4 Å². The van der Waals surface area contributed by atoms with Crippen LogP contribution in [0, 0.1) is 17.2 Å². The number of esters is 1. The maximum Gasteiger partial charge on any atom is 0.348 e. The van der Waals surface area contributed by atoms with E-state index in [0.29, 0.717) is 6.61 Å². The average molecular weight is 259 g/mol. The van der Waals surface area contributed by atoms with Crippen molar-refractivity contribution in [2.45, 2.75) is 13.8 Å². The maximum atomic E-state index is 11.7. The molecule has 0 unspecified atom stereocenters. The highest BCUT2D eigenvalue weighted by Gasteiger charge is 2.11. The van der Waals surface area contributed by atoms with Crippen LogP contribution in [0.15, 0.2) is 29.8 Å². The van der Waals surface area contributed by atoms with Crippen molar-refractivity contribution in [2.75, 3.05) is 13.7 Å². The molecule has 0 aliphatic carbocycles. The molecule has 0 bridgehead atoms. The quantitative estimate of drug-likeness (QED) is 0.463. The van der Waals surface area contributed by atoms with Crippen LogP contribution in [-0.2, 0) is 9.53 Å². The zero-order valence-electron chi connectivity index (χ0n) is 11.3. The summed E-state index contributed by atoms with van der Waals surface area (Å²) in [5.41, 5.74) is 0.740. The second kappa shape index (κ2) is 7.22. The lowest BCUT2D eigenvalue weighted by molar-refractivity contribution is -0.139. The molecule has 100 valence electrons. The molecular weight excluding hydrogens is 242 g/mol. The molecule has 0 radical (unpaired) electrons. The van der Waals surface area contributed by atoms with Gasteiger partial charge in [0.1, 0.15) is 17.4 Å². The second-order valence-electron chi connectivity index (χ2n) is 4.44. The fourth-order valence-corrected chi connectivity index (χ4v) is 1.32. The second-order valence-corrected chi connectivity index (χ2v) is 4.44. The van der Waals surface area contributed by atoms with Gasteiger partial charge in [-0.15, -0.1) is 0 Å². The fourth-order valence-electron chi connectivity index (χ4n) is 1.32. The van der Waals surface area contributed by atoms with Crippen LogP contribution in [0.1, 0.15) is 19.4 Å². The molecule has 1 aromatic carbocycles. The number of carbonyl (C=O) groups excluding carboxylic acids is 1. The summed E-state index contributed by atoms with van der Waals surface area (Å²) in [6, 6.07) is 8.93. The summed E-state index contributed by atoms with van der Waals surface area (Å²) < 4.78 is 10.1. The minimum absolute atomic E-state index is 0.00850. The number of methoxy groups -OCH3 is 1. The standard InChI is InChI=1S/C15H17NO3/c1-11(2)10-19-15(17)13(9-16)8-12-4-6-14(18-3)7-5-12/h4-8,11H,10H2,1-3H3/b13-8+. The first kappa shape index (κ1) is 14.8. The Morgan fingerprint density at radius 1 is 1.37 bits per heavy atom. The number of hydrogen-bond acceptors (Lipinski definition) is 4. The Bertz CT molecular complexity index is 495. The number of benzene rings is 1. The molecule has 0 heterocycles. The van der Waals surface area contributed by atoms with Gasteiger partial charge >= 0.3 is 5.97 Å². The summed E-state index contributed by atoms with van der Waals surface area (Å²) in [6.07, 6.45) is 1.50. The Kier molecular flexibility index (Phi) is 5.62. The lowest BCUT2D eigenvalue weighted by Gasteiger charge is -2.06. The van der Waals surface area contributed by atoms with Gasteiger partial charge in [0.15, 0.2) is 0 Å². The Labute approximate surface area is 113 Å². The first-order chi connectivity index (χ1) is 9.06. The summed E-state index contributed by atoms with van der Waals surface area (Å²) in [7, 11) is 1.58. The van der Waals surface area contributed by atoms with E-state index in [1.807, 2.05) is 19.9 Å². The van der Waals surface area contributed by atoms with E-state index in [4.69, 9.17) is 14.7 Å². The first-order valence-corrected chi connectivity index (χ1v) is 5.99. The Morgan fingerprint density at radius 2 is 2.00 bits per heavy atom. The monoisotopic (exact) mass is 259 g/mol. The minimum atomic E-state index is -0.591. The Hall–Kier alpha value is -2.28. The summed E-state index contributed by atoms with van der Waals surface area (Å²) in [4.78, 5) is 11.7. The van der Waals surface area contributed by atoms with Crippen molar-refractivity contribution in [3.63, 3.8) is 0 Å². The van der Waals surface area contributed by atoms with Crippen LogP contribution < -0.4 is 4.74 Å². The maximum absolute atomic E-state index is 11.7. The number of nitriles is 1. The van der Waals surface area contributed by atoms with Crippen molar-refractivity contribution in [3.8, 4) is 11.8 Å². The number of ether oxygens (including phenoxy) is 2. The van der Waals surface area contributed by atoms with Gasteiger partial charge in [0.2, 0.25) is 0 Å². The molecule has 0 atom stereocenters. The zero-order valence-corrected chi connectivity index (χ0v) is 11.3. The predicted molar refractivity (Wildman–Crippen MR) is 72.4 cm³/mol. The molecule has 0 aliphatic heterocycles. The molecule has 19 heavy (non-hydrogen) atoms. The molecular formula is C15H17NO3. The number of rotatable bonds is 5. The summed E-state index contributed by atoms with van der Waals surface area (Å²) in [6.45, 7) is 4.18. The van der Waals surface area contributed by atoms with Crippen molar-refractivity contribution in [1.82, 2.24) is 0 Å². The highest BCUT2D eigenvalue weighted by molar-refractivity contribution is 5.97. The molecule has 0 spiro atoms. The van der Waals surface area contributed by atoms with Crippen LogP contribution in [0.5, 0.6) is 5.75 Å². The molecule has 0 aliphatic rings. The average Bonchev–Trinajstić information content (AvgIpc) is 2.42. The van der Waals surface area contributed by atoms with Gasteiger partial charge in [-0.25, -0.2) is 4.79 Å². The van der Waals surface area contributed by atoms with Gasteiger partial charge in [-0.1, -0.05) is 26.0 Å². The van der Waals surface area contributed by atoms with Crippen LogP contribution in [0.3, 0.4) is 0 Å². The van der Waals surface area contributed by atoms with Crippen molar-refractivity contribution < 1.29 is 14.3 Å². The number of hydrogen-bond donors (Lipinski definition) is 0. The third-order valence-electron chi connectivity index (χ3n) is 2.31. The smallest absolute Gasteiger partial charge is 0.348 e. The molecule has 4 heteroatoms.